The second kappa shape index (κ2) is 7.73. The van der Waals surface area contributed by atoms with Crippen molar-refractivity contribution in [3.63, 3.8) is 0 Å². The Labute approximate surface area is 189 Å². The summed E-state index contributed by atoms with van der Waals surface area (Å²) >= 11 is 6.18. The van der Waals surface area contributed by atoms with E-state index in [0.717, 1.165) is 33.2 Å². The fraction of sp³-hybridized carbons (Fsp3) is 0.120. The van der Waals surface area contributed by atoms with Gasteiger partial charge in [-0.2, -0.15) is 5.10 Å². The fourth-order valence-corrected chi connectivity index (χ4v) is 4.12. The SMILES string of the molecule is Cc1ccc(NC(=O)c2nnc3c(-c4cccc5ccccc45)c(C)nn3c2C)cc1Cl. The molecule has 5 rings (SSSR count). The molecule has 0 bridgehead atoms. The molecule has 158 valence electrons. The van der Waals surface area contributed by atoms with Crippen molar-refractivity contribution in [2.75, 3.05) is 5.32 Å². The lowest BCUT2D eigenvalue weighted by atomic mass is 9.98. The van der Waals surface area contributed by atoms with Crippen molar-refractivity contribution in [3.8, 4) is 11.1 Å². The van der Waals surface area contributed by atoms with Crippen LogP contribution in [-0.2, 0) is 0 Å². The monoisotopic (exact) mass is 441 g/mol. The van der Waals surface area contributed by atoms with Gasteiger partial charge in [-0.3, -0.25) is 4.79 Å². The molecule has 0 spiro atoms. The quantitative estimate of drug-likeness (QED) is 0.385. The van der Waals surface area contributed by atoms with Crippen LogP contribution in [-0.4, -0.2) is 25.7 Å². The van der Waals surface area contributed by atoms with Gasteiger partial charge >= 0.3 is 0 Å². The maximum atomic E-state index is 12.9. The van der Waals surface area contributed by atoms with Crippen LogP contribution in [0.4, 0.5) is 5.69 Å². The number of anilines is 1. The van der Waals surface area contributed by atoms with Crippen molar-refractivity contribution in [2.24, 2.45) is 0 Å². The number of nitrogens with one attached hydrogen (secondary N) is 1. The molecule has 32 heavy (non-hydrogen) atoms. The number of hydrogen-bond donors (Lipinski definition) is 1. The number of amides is 1. The molecular weight excluding hydrogens is 422 g/mol. The molecule has 1 N–H and O–H groups in total. The van der Waals surface area contributed by atoms with E-state index in [4.69, 9.17) is 11.6 Å². The zero-order valence-electron chi connectivity index (χ0n) is 17.8. The van der Waals surface area contributed by atoms with Gasteiger partial charge in [-0.1, -0.05) is 60.1 Å². The predicted molar refractivity (Wildman–Crippen MR) is 127 cm³/mol. The number of carbonyl (C=O) groups is 1. The molecule has 0 aliphatic heterocycles. The van der Waals surface area contributed by atoms with Gasteiger partial charge < -0.3 is 5.32 Å². The summed E-state index contributed by atoms with van der Waals surface area (Å²) in [5.41, 5.74) is 5.75. The number of fused-ring (bicyclic) bond motifs is 2. The predicted octanol–water partition coefficient (Wildman–Crippen LogP) is 5.78. The van der Waals surface area contributed by atoms with Crippen LogP contribution in [0.5, 0.6) is 0 Å². The van der Waals surface area contributed by atoms with Gasteiger partial charge in [0, 0.05) is 10.7 Å². The van der Waals surface area contributed by atoms with Gasteiger partial charge in [-0.25, -0.2) is 4.52 Å². The highest BCUT2D eigenvalue weighted by Crippen LogP contribution is 2.33. The zero-order valence-corrected chi connectivity index (χ0v) is 18.6. The Hall–Kier alpha value is -3.77. The fourth-order valence-electron chi connectivity index (χ4n) is 3.94. The molecule has 2 aromatic heterocycles. The molecule has 5 aromatic rings. The van der Waals surface area contributed by atoms with Crippen molar-refractivity contribution in [2.45, 2.75) is 20.8 Å². The van der Waals surface area contributed by atoms with E-state index in [-0.39, 0.29) is 11.6 Å². The lowest BCUT2D eigenvalue weighted by Gasteiger charge is -2.09. The second-order valence-corrected chi connectivity index (χ2v) is 8.18. The van der Waals surface area contributed by atoms with E-state index < -0.39 is 0 Å². The summed E-state index contributed by atoms with van der Waals surface area (Å²) in [6, 6.07) is 19.7. The number of carbonyl (C=O) groups excluding carboxylic acids is 1. The zero-order chi connectivity index (χ0) is 22.4. The lowest BCUT2D eigenvalue weighted by molar-refractivity contribution is 0.102. The first-order chi connectivity index (χ1) is 15.4. The minimum atomic E-state index is -0.364. The van der Waals surface area contributed by atoms with E-state index in [1.165, 1.54) is 0 Å². The Morgan fingerprint density at radius 3 is 2.56 bits per heavy atom. The van der Waals surface area contributed by atoms with E-state index in [2.05, 4.69) is 44.9 Å². The molecule has 0 aliphatic rings. The van der Waals surface area contributed by atoms with Crippen molar-refractivity contribution in [1.82, 2.24) is 19.8 Å². The van der Waals surface area contributed by atoms with E-state index >= 15 is 0 Å². The molecule has 0 radical (unpaired) electrons. The normalized spacial score (nSPS) is 11.2. The molecule has 0 fully saturated rings. The maximum Gasteiger partial charge on any atom is 0.278 e. The van der Waals surface area contributed by atoms with Crippen LogP contribution < -0.4 is 5.32 Å². The number of nitrogens with zero attached hydrogens (tertiary/aromatic N) is 4. The summed E-state index contributed by atoms with van der Waals surface area (Å²) in [4.78, 5) is 12.9. The van der Waals surface area contributed by atoms with Gasteiger partial charge in [-0.15, -0.1) is 10.2 Å². The van der Waals surface area contributed by atoms with Crippen LogP contribution in [0.1, 0.15) is 27.4 Å². The van der Waals surface area contributed by atoms with Crippen molar-refractivity contribution >= 4 is 39.6 Å². The summed E-state index contributed by atoms with van der Waals surface area (Å²) in [6.45, 7) is 5.67. The van der Waals surface area contributed by atoms with Gasteiger partial charge in [0.1, 0.15) is 0 Å². The van der Waals surface area contributed by atoms with Crippen LogP contribution in [0.3, 0.4) is 0 Å². The number of aromatic nitrogens is 4. The molecular formula is C25H20ClN5O. The number of benzene rings is 3. The van der Waals surface area contributed by atoms with Crippen LogP contribution >= 0.6 is 11.6 Å². The largest absolute Gasteiger partial charge is 0.320 e. The van der Waals surface area contributed by atoms with Crippen molar-refractivity contribution in [1.29, 1.82) is 0 Å². The Bertz CT molecular complexity index is 1520. The first-order valence-electron chi connectivity index (χ1n) is 10.2. The third kappa shape index (κ3) is 3.29. The average Bonchev–Trinajstić information content (AvgIpc) is 3.12. The molecule has 6 nitrogen and oxygen atoms in total. The second-order valence-electron chi connectivity index (χ2n) is 7.77. The Kier molecular flexibility index (Phi) is 4.87. The summed E-state index contributed by atoms with van der Waals surface area (Å²) in [5.74, 6) is -0.364. The van der Waals surface area contributed by atoms with E-state index in [1.54, 1.807) is 16.6 Å². The van der Waals surface area contributed by atoms with E-state index in [0.29, 0.717) is 22.1 Å². The summed E-state index contributed by atoms with van der Waals surface area (Å²) in [7, 11) is 0. The average molecular weight is 442 g/mol. The van der Waals surface area contributed by atoms with E-state index in [9.17, 15) is 4.79 Å². The Morgan fingerprint density at radius 2 is 1.75 bits per heavy atom. The van der Waals surface area contributed by atoms with Gasteiger partial charge in [0.25, 0.3) is 5.91 Å². The Balaban J connectivity index is 1.60. The molecule has 0 unspecified atom stereocenters. The molecule has 0 saturated carbocycles. The van der Waals surface area contributed by atoms with Gasteiger partial charge in [0.2, 0.25) is 0 Å². The van der Waals surface area contributed by atoms with Gasteiger partial charge in [-0.05, 0) is 54.8 Å². The number of rotatable bonds is 3. The van der Waals surface area contributed by atoms with Crippen LogP contribution in [0.15, 0.2) is 60.7 Å². The summed E-state index contributed by atoms with van der Waals surface area (Å²) < 4.78 is 1.69. The van der Waals surface area contributed by atoms with Gasteiger partial charge in [0.05, 0.1) is 17.0 Å². The smallest absolute Gasteiger partial charge is 0.278 e. The molecule has 2 heterocycles. The van der Waals surface area contributed by atoms with E-state index in [1.807, 2.05) is 45.0 Å². The van der Waals surface area contributed by atoms with Crippen LogP contribution in [0.25, 0.3) is 27.5 Å². The molecule has 7 heteroatoms. The minimum Gasteiger partial charge on any atom is -0.320 e. The molecule has 1 amide bonds. The number of halogens is 1. The highest BCUT2D eigenvalue weighted by atomic mass is 35.5. The molecule has 0 atom stereocenters. The third-order valence-corrected chi connectivity index (χ3v) is 6.05. The standard InChI is InChI=1S/C25H20ClN5O/c1-14-11-12-18(13-21(14)26)27-25(32)23-16(3)31-24(29-28-23)22(15(2)30-31)20-10-6-8-17-7-4-5-9-19(17)20/h4-13H,1-3H3,(H,27,32). The molecule has 3 aromatic carbocycles. The highest BCUT2D eigenvalue weighted by Gasteiger charge is 2.21. The molecule has 0 saturated heterocycles. The van der Waals surface area contributed by atoms with Gasteiger partial charge in [0.15, 0.2) is 11.3 Å². The third-order valence-electron chi connectivity index (χ3n) is 5.64. The molecule has 0 aliphatic carbocycles. The first kappa shape index (κ1) is 20.2. The summed E-state index contributed by atoms with van der Waals surface area (Å²) in [6.07, 6.45) is 0. The summed E-state index contributed by atoms with van der Waals surface area (Å²) in [5, 5.41) is 19.0. The lowest BCUT2D eigenvalue weighted by Crippen LogP contribution is -2.18. The maximum absolute atomic E-state index is 12.9. The van der Waals surface area contributed by atoms with Crippen LogP contribution in [0.2, 0.25) is 5.02 Å². The van der Waals surface area contributed by atoms with Crippen molar-refractivity contribution in [3.05, 3.63) is 88.3 Å². The minimum absolute atomic E-state index is 0.209. The first-order valence-corrected chi connectivity index (χ1v) is 10.6. The number of aryl methyl sites for hydroxylation is 3. The topological polar surface area (TPSA) is 72.2 Å². The van der Waals surface area contributed by atoms with Crippen LogP contribution in [0, 0.1) is 20.8 Å². The number of hydrogen-bond acceptors (Lipinski definition) is 4. The Morgan fingerprint density at radius 1 is 0.969 bits per heavy atom. The van der Waals surface area contributed by atoms with Crippen molar-refractivity contribution < 1.29 is 4.79 Å². The highest BCUT2D eigenvalue weighted by molar-refractivity contribution is 6.31.